The van der Waals surface area contributed by atoms with E-state index in [1.54, 1.807) is 11.0 Å². The first-order chi connectivity index (χ1) is 17.2. The smallest absolute Gasteiger partial charge is 0.257 e. The van der Waals surface area contributed by atoms with Gasteiger partial charge in [0.15, 0.2) is 11.5 Å². The third-order valence-electron chi connectivity index (χ3n) is 6.89. The van der Waals surface area contributed by atoms with Gasteiger partial charge in [-0.1, -0.05) is 12.8 Å². The summed E-state index contributed by atoms with van der Waals surface area (Å²) in [6, 6.07) is 4.03. The molecule has 2 aromatic heterocycles. The Morgan fingerprint density at radius 1 is 1.06 bits per heavy atom. The number of aromatic nitrogens is 3. The number of hydrogen-bond donors (Lipinski definition) is 3. The number of nitrogens with one attached hydrogen (secondary N) is 3. The molecule has 1 amide bonds. The van der Waals surface area contributed by atoms with E-state index in [9.17, 15) is 4.79 Å². The topological polar surface area (TPSA) is 114 Å². The van der Waals surface area contributed by atoms with E-state index < -0.39 is 0 Å². The van der Waals surface area contributed by atoms with Crippen molar-refractivity contribution in [3.8, 4) is 11.5 Å². The maximum Gasteiger partial charge on any atom is 0.257 e. The van der Waals surface area contributed by atoms with Crippen LogP contribution in [0.4, 0.5) is 17.5 Å². The zero-order valence-electron chi connectivity index (χ0n) is 19.9. The Kier molecular flexibility index (Phi) is 5.81. The Hall–Kier alpha value is -3.53. The third-order valence-corrected chi connectivity index (χ3v) is 6.89. The number of H-pyrrole nitrogens is 1. The molecular weight excluding hydrogens is 448 g/mol. The number of aryl methyl sites for hydroxylation is 1. The second-order valence-corrected chi connectivity index (χ2v) is 9.26. The molecule has 4 heterocycles. The lowest BCUT2D eigenvalue weighted by Gasteiger charge is -2.29. The summed E-state index contributed by atoms with van der Waals surface area (Å²) in [7, 11) is 0. The molecule has 0 atom stereocenters. The monoisotopic (exact) mass is 478 g/mol. The standard InChI is InChI=1S/C25H30N6O4/c1-15-14-26-22-19(15)23(27-16-4-2-3-5-16)30-25(29-22)28-18-7-6-17(20-21(18)35-13-12-34-20)24(32)31-8-10-33-11-9-31/h6-7,14,16H,2-5,8-13H2,1H3,(H3,26,27,28,29,30). The minimum absolute atomic E-state index is 0.0795. The quantitative estimate of drug-likeness (QED) is 0.510. The van der Waals surface area contributed by atoms with Crippen molar-refractivity contribution in [2.45, 2.75) is 38.6 Å². The van der Waals surface area contributed by atoms with E-state index in [0.29, 0.717) is 74.3 Å². The summed E-state index contributed by atoms with van der Waals surface area (Å²) in [5, 5.41) is 7.95. The Bertz CT molecular complexity index is 1250. The molecule has 184 valence electrons. The van der Waals surface area contributed by atoms with E-state index in [0.717, 1.165) is 35.3 Å². The number of morpholine rings is 1. The fourth-order valence-electron chi connectivity index (χ4n) is 5.07. The maximum atomic E-state index is 13.2. The first-order valence-corrected chi connectivity index (χ1v) is 12.4. The van der Waals surface area contributed by atoms with Gasteiger partial charge in [-0.3, -0.25) is 4.79 Å². The molecule has 1 aromatic carbocycles. The highest BCUT2D eigenvalue weighted by atomic mass is 16.6. The van der Waals surface area contributed by atoms with E-state index in [4.69, 9.17) is 24.2 Å². The van der Waals surface area contributed by atoms with Gasteiger partial charge in [-0.2, -0.15) is 9.97 Å². The number of carbonyl (C=O) groups excluding carboxylic acids is 1. The predicted molar refractivity (Wildman–Crippen MR) is 132 cm³/mol. The Balaban J connectivity index is 1.33. The van der Waals surface area contributed by atoms with Crippen LogP contribution in [0.15, 0.2) is 18.3 Å². The summed E-state index contributed by atoms with van der Waals surface area (Å²) in [4.78, 5) is 27.8. The summed E-state index contributed by atoms with van der Waals surface area (Å²) in [5.74, 6) is 2.16. The van der Waals surface area contributed by atoms with E-state index in [1.165, 1.54) is 12.8 Å². The van der Waals surface area contributed by atoms with Crippen molar-refractivity contribution in [2.24, 2.45) is 0 Å². The molecule has 6 rings (SSSR count). The van der Waals surface area contributed by atoms with Gasteiger partial charge in [0.05, 0.1) is 29.9 Å². The van der Waals surface area contributed by atoms with E-state index >= 15 is 0 Å². The van der Waals surface area contributed by atoms with Crippen LogP contribution in [0.2, 0.25) is 0 Å². The van der Waals surface area contributed by atoms with Crippen molar-refractivity contribution in [2.75, 3.05) is 50.2 Å². The summed E-state index contributed by atoms with van der Waals surface area (Å²) in [6.45, 7) is 5.06. The van der Waals surface area contributed by atoms with Gasteiger partial charge in [-0.05, 0) is 37.5 Å². The van der Waals surface area contributed by atoms with E-state index in [2.05, 4.69) is 22.5 Å². The lowest BCUT2D eigenvalue weighted by atomic mass is 10.1. The van der Waals surface area contributed by atoms with Crippen molar-refractivity contribution in [3.05, 3.63) is 29.5 Å². The fourth-order valence-corrected chi connectivity index (χ4v) is 5.07. The van der Waals surface area contributed by atoms with Crippen LogP contribution in [0.1, 0.15) is 41.6 Å². The number of benzene rings is 1. The molecule has 1 aliphatic carbocycles. The molecule has 1 saturated carbocycles. The zero-order valence-corrected chi connectivity index (χ0v) is 19.9. The molecule has 3 aromatic rings. The molecule has 3 N–H and O–H groups in total. The Labute approximate surface area is 203 Å². The molecule has 2 aliphatic heterocycles. The number of ether oxygens (including phenoxy) is 3. The maximum absolute atomic E-state index is 13.2. The van der Waals surface area contributed by atoms with Crippen molar-refractivity contribution in [3.63, 3.8) is 0 Å². The van der Waals surface area contributed by atoms with Crippen LogP contribution in [-0.2, 0) is 4.74 Å². The van der Waals surface area contributed by atoms with Gasteiger partial charge < -0.3 is 34.7 Å². The van der Waals surface area contributed by atoms with Gasteiger partial charge >= 0.3 is 0 Å². The summed E-state index contributed by atoms with van der Waals surface area (Å²) >= 11 is 0. The lowest BCUT2D eigenvalue weighted by molar-refractivity contribution is 0.0298. The molecule has 0 bridgehead atoms. The largest absolute Gasteiger partial charge is 0.485 e. The van der Waals surface area contributed by atoms with Crippen LogP contribution in [-0.4, -0.2) is 71.3 Å². The molecule has 0 unspecified atom stereocenters. The SMILES string of the molecule is Cc1c[nH]c2nc(Nc3ccc(C(=O)N4CCOCC4)c4c3OCCO4)nc(NC3CCCC3)c12. The average molecular weight is 479 g/mol. The molecule has 10 nitrogen and oxygen atoms in total. The number of carbonyl (C=O) groups is 1. The number of amides is 1. The number of aromatic amines is 1. The van der Waals surface area contributed by atoms with Gasteiger partial charge in [-0.25, -0.2) is 0 Å². The second-order valence-electron chi connectivity index (χ2n) is 9.26. The van der Waals surface area contributed by atoms with Crippen LogP contribution < -0.4 is 20.1 Å². The zero-order chi connectivity index (χ0) is 23.8. The van der Waals surface area contributed by atoms with Gasteiger partial charge in [0.1, 0.15) is 24.7 Å². The molecule has 0 spiro atoms. The predicted octanol–water partition coefficient (Wildman–Crippen LogP) is 3.61. The van der Waals surface area contributed by atoms with Gasteiger partial charge in [-0.15, -0.1) is 0 Å². The molecule has 2 fully saturated rings. The molecule has 10 heteroatoms. The number of hydrogen-bond acceptors (Lipinski definition) is 8. The molecule has 3 aliphatic rings. The number of anilines is 3. The highest BCUT2D eigenvalue weighted by Gasteiger charge is 2.28. The summed E-state index contributed by atoms with van der Waals surface area (Å²) in [5.41, 5.74) is 3.03. The van der Waals surface area contributed by atoms with Crippen LogP contribution in [0.25, 0.3) is 11.0 Å². The van der Waals surface area contributed by atoms with Crippen molar-refractivity contribution >= 4 is 34.4 Å². The normalized spacial score (nSPS) is 18.1. The van der Waals surface area contributed by atoms with Gasteiger partial charge in [0.2, 0.25) is 5.95 Å². The number of rotatable bonds is 5. The minimum Gasteiger partial charge on any atom is -0.485 e. The molecule has 35 heavy (non-hydrogen) atoms. The van der Waals surface area contributed by atoms with Crippen molar-refractivity contribution in [1.82, 2.24) is 19.9 Å². The van der Waals surface area contributed by atoms with Crippen molar-refractivity contribution < 1.29 is 19.0 Å². The van der Waals surface area contributed by atoms with Gasteiger partial charge in [0.25, 0.3) is 5.91 Å². The second kappa shape index (κ2) is 9.26. The van der Waals surface area contributed by atoms with Crippen LogP contribution in [0.5, 0.6) is 11.5 Å². The van der Waals surface area contributed by atoms with Crippen molar-refractivity contribution in [1.29, 1.82) is 0 Å². The Morgan fingerprint density at radius 2 is 1.83 bits per heavy atom. The molecule has 0 radical (unpaired) electrons. The number of fused-ring (bicyclic) bond motifs is 2. The van der Waals surface area contributed by atoms with Crippen LogP contribution in [0, 0.1) is 6.92 Å². The summed E-state index contributed by atoms with van der Waals surface area (Å²) in [6.07, 6.45) is 6.72. The third kappa shape index (κ3) is 4.22. The molecular formula is C25H30N6O4. The average Bonchev–Trinajstić information content (AvgIpc) is 3.54. The van der Waals surface area contributed by atoms with Gasteiger partial charge in [0, 0.05) is 25.3 Å². The first kappa shape index (κ1) is 22.0. The Morgan fingerprint density at radius 3 is 2.63 bits per heavy atom. The highest BCUT2D eigenvalue weighted by Crippen LogP contribution is 2.42. The van der Waals surface area contributed by atoms with Crippen LogP contribution >= 0.6 is 0 Å². The molecule has 1 saturated heterocycles. The first-order valence-electron chi connectivity index (χ1n) is 12.4. The van der Waals surface area contributed by atoms with Crippen LogP contribution in [0.3, 0.4) is 0 Å². The minimum atomic E-state index is -0.0795. The number of nitrogens with zero attached hydrogens (tertiary/aromatic N) is 3. The van der Waals surface area contributed by atoms with E-state index in [-0.39, 0.29) is 5.91 Å². The lowest BCUT2D eigenvalue weighted by Crippen LogP contribution is -2.41. The summed E-state index contributed by atoms with van der Waals surface area (Å²) < 4.78 is 17.3. The van der Waals surface area contributed by atoms with E-state index in [1.807, 2.05) is 12.3 Å². The highest BCUT2D eigenvalue weighted by molar-refractivity contribution is 5.99. The fraction of sp³-hybridized carbons (Fsp3) is 0.480.